The van der Waals surface area contributed by atoms with Crippen molar-refractivity contribution in [3.05, 3.63) is 59.8 Å². The predicted molar refractivity (Wildman–Crippen MR) is 116 cm³/mol. The molecule has 0 aliphatic rings. The van der Waals surface area contributed by atoms with Gasteiger partial charge in [0.1, 0.15) is 11.4 Å². The van der Waals surface area contributed by atoms with E-state index in [0.717, 1.165) is 5.39 Å². The lowest BCUT2D eigenvalue weighted by Gasteiger charge is -2.18. The Balaban J connectivity index is 1.71. The molecule has 2 aromatic carbocycles. The van der Waals surface area contributed by atoms with Gasteiger partial charge in [0.05, 0.1) is 12.0 Å². The second-order valence-corrected chi connectivity index (χ2v) is 8.60. The molecule has 0 saturated carbocycles. The lowest BCUT2D eigenvalue weighted by Crippen LogP contribution is -2.41. The number of ether oxygens (including phenoxy) is 1. The number of carbonyl (C=O) groups excluding carboxylic acids is 2. The Labute approximate surface area is 180 Å². The maximum Gasteiger partial charge on any atom is 0.286 e. The van der Waals surface area contributed by atoms with Crippen LogP contribution in [0.15, 0.2) is 53.4 Å². The molecule has 0 aliphatic heterocycles. The van der Waals surface area contributed by atoms with Crippen LogP contribution in [0.2, 0.25) is 0 Å². The van der Waals surface area contributed by atoms with Crippen LogP contribution in [0.4, 0.5) is 0 Å². The number of amides is 2. The summed E-state index contributed by atoms with van der Waals surface area (Å²) in [5.41, 5.74) is 5.71. The van der Waals surface area contributed by atoms with E-state index in [9.17, 15) is 18.0 Å². The monoisotopic (exact) mass is 444 g/mol. The van der Waals surface area contributed by atoms with E-state index in [4.69, 9.17) is 4.74 Å². The summed E-state index contributed by atoms with van der Waals surface area (Å²) in [6, 6.07) is 12.7. The number of carbonyl (C=O) groups is 2. The molecular weight excluding hydrogens is 420 g/mol. The average Bonchev–Trinajstić information content (AvgIpc) is 3.21. The molecule has 3 N–H and O–H groups in total. The molecule has 0 atom stereocenters. The van der Waals surface area contributed by atoms with Crippen molar-refractivity contribution in [3.63, 3.8) is 0 Å². The van der Waals surface area contributed by atoms with Crippen molar-refractivity contribution in [3.8, 4) is 5.75 Å². The number of hydrogen-bond acceptors (Lipinski definition) is 5. The smallest absolute Gasteiger partial charge is 0.286 e. The standard InChI is InChI=1S/C21H24N4O5S/c1-4-25(5-2)31(28,29)17-8-6-7-15(11-17)20(26)23-24-21(27)19-12-14-9-10-16(30-3)13-18(14)22-19/h6-13,22H,4-5H2,1-3H3,(H,23,26)(H,24,27). The molecule has 0 unspecified atom stereocenters. The number of H-pyrrole nitrogens is 1. The molecule has 1 aromatic heterocycles. The fourth-order valence-electron chi connectivity index (χ4n) is 3.12. The zero-order chi connectivity index (χ0) is 22.6. The maximum atomic E-state index is 12.7. The molecule has 2 amide bonds. The van der Waals surface area contributed by atoms with E-state index in [1.165, 1.54) is 28.6 Å². The van der Waals surface area contributed by atoms with Crippen molar-refractivity contribution in [1.82, 2.24) is 20.1 Å². The van der Waals surface area contributed by atoms with Crippen LogP contribution < -0.4 is 15.6 Å². The minimum atomic E-state index is -3.70. The van der Waals surface area contributed by atoms with Crippen LogP contribution >= 0.6 is 0 Å². The van der Waals surface area contributed by atoms with Gasteiger partial charge in [-0.1, -0.05) is 19.9 Å². The molecule has 0 fully saturated rings. The average molecular weight is 445 g/mol. The molecule has 0 bridgehead atoms. The summed E-state index contributed by atoms with van der Waals surface area (Å²) in [4.78, 5) is 27.8. The Morgan fingerprint density at radius 1 is 1.00 bits per heavy atom. The molecule has 164 valence electrons. The number of aromatic nitrogens is 1. The van der Waals surface area contributed by atoms with Crippen LogP contribution in [0.25, 0.3) is 10.9 Å². The van der Waals surface area contributed by atoms with Gasteiger partial charge in [0.25, 0.3) is 11.8 Å². The highest BCUT2D eigenvalue weighted by Crippen LogP contribution is 2.21. The van der Waals surface area contributed by atoms with Gasteiger partial charge in [-0.05, 0) is 36.4 Å². The molecule has 9 nitrogen and oxygen atoms in total. The Morgan fingerprint density at radius 2 is 1.71 bits per heavy atom. The van der Waals surface area contributed by atoms with Crippen LogP contribution in [0.3, 0.4) is 0 Å². The number of rotatable bonds is 7. The lowest BCUT2D eigenvalue weighted by molar-refractivity contribution is 0.0844. The SMILES string of the molecule is CCN(CC)S(=O)(=O)c1cccc(C(=O)NNC(=O)c2cc3ccc(OC)cc3[nH]2)c1. The number of aromatic amines is 1. The number of methoxy groups -OCH3 is 1. The van der Waals surface area contributed by atoms with Gasteiger partial charge in [-0.15, -0.1) is 0 Å². The summed E-state index contributed by atoms with van der Waals surface area (Å²) in [6.45, 7) is 4.13. The van der Waals surface area contributed by atoms with E-state index >= 15 is 0 Å². The van der Waals surface area contributed by atoms with Gasteiger partial charge in [-0.2, -0.15) is 4.31 Å². The van der Waals surface area contributed by atoms with E-state index in [1.807, 2.05) is 6.07 Å². The topological polar surface area (TPSA) is 121 Å². The zero-order valence-electron chi connectivity index (χ0n) is 17.4. The fraction of sp³-hybridized carbons (Fsp3) is 0.238. The van der Waals surface area contributed by atoms with Crippen LogP contribution in [0.1, 0.15) is 34.7 Å². The predicted octanol–water partition coefficient (Wildman–Crippen LogP) is 2.28. The van der Waals surface area contributed by atoms with Gasteiger partial charge in [0.2, 0.25) is 10.0 Å². The van der Waals surface area contributed by atoms with Gasteiger partial charge in [-0.25, -0.2) is 8.42 Å². The van der Waals surface area contributed by atoms with Crippen molar-refractivity contribution in [1.29, 1.82) is 0 Å². The first-order valence-electron chi connectivity index (χ1n) is 9.67. The third-order valence-corrected chi connectivity index (χ3v) is 6.85. The zero-order valence-corrected chi connectivity index (χ0v) is 18.2. The van der Waals surface area contributed by atoms with E-state index in [0.29, 0.717) is 24.4 Å². The number of sulfonamides is 1. The second kappa shape index (κ2) is 9.19. The van der Waals surface area contributed by atoms with E-state index in [2.05, 4.69) is 15.8 Å². The third kappa shape index (κ3) is 4.70. The van der Waals surface area contributed by atoms with Crippen LogP contribution in [-0.4, -0.2) is 49.7 Å². The Hall–Kier alpha value is -3.37. The highest BCUT2D eigenvalue weighted by molar-refractivity contribution is 7.89. The Bertz CT molecular complexity index is 1220. The molecule has 0 saturated heterocycles. The fourth-order valence-corrected chi connectivity index (χ4v) is 4.62. The van der Waals surface area contributed by atoms with Gasteiger partial charge in [-0.3, -0.25) is 20.4 Å². The first-order chi connectivity index (χ1) is 14.8. The van der Waals surface area contributed by atoms with Crippen molar-refractivity contribution in [2.75, 3.05) is 20.2 Å². The Kier molecular flexibility index (Phi) is 6.62. The molecule has 31 heavy (non-hydrogen) atoms. The van der Waals surface area contributed by atoms with Gasteiger partial charge in [0, 0.05) is 35.6 Å². The van der Waals surface area contributed by atoms with Crippen LogP contribution in [0, 0.1) is 0 Å². The van der Waals surface area contributed by atoms with Crippen LogP contribution in [0.5, 0.6) is 5.75 Å². The van der Waals surface area contributed by atoms with Gasteiger partial charge >= 0.3 is 0 Å². The summed E-state index contributed by atoms with van der Waals surface area (Å²) < 4.78 is 31.8. The van der Waals surface area contributed by atoms with Gasteiger partial charge in [0.15, 0.2) is 0 Å². The van der Waals surface area contributed by atoms with E-state index in [1.54, 1.807) is 39.2 Å². The number of nitrogens with one attached hydrogen (secondary N) is 3. The van der Waals surface area contributed by atoms with Gasteiger partial charge < -0.3 is 9.72 Å². The molecule has 10 heteroatoms. The number of fused-ring (bicyclic) bond motifs is 1. The van der Waals surface area contributed by atoms with Crippen LogP contribution in [-0.2, 0) is 10.0 Å². The highest BCUT2D eigenvalue weighted by atomic mass is 32.2. The molecule has 1 heterocycles. The molecule has 3 rings (SSSR count). The number of hydrazine groups is 1. The van der Waals surface area contributed by atoms with Crippen molar-refractivity contribution in [2.45, 2.75) is 18.7 Å². The summed E-state index contributed by atoms with van der Waals surface area (Å²) in [5, 5.41) is 0.812. The lowest BCUT2D eigenvalue weighted by atomic mass is 10.2. The first-order valence-corrected chi connectivity index (χ1v) is 11.1. The summed E-state index contributed by atoms with van der Waals surface area (Å²) in [7, 11) is -2.15. The number of benzene rings is 2. The molecule has 0 radical (unpaired) electrons. The largest absolute Gasteiger partial charge is 0.497 e. The quantitative estimate of drug-likeness (QED) is 0.483. The molecule has 3 aromatic rings. The molecular formula is C21H24N4O5S. The maximum absolute atomic E-state index is 12.7. The highest BCUT2D eigenvalue weighted by Gasteiger charge is 2.22. The summed E-state index contributed by atoms with van der Waals surface area (Å²) in [6.07, 6.45) is 0. The first kappa shape index (κ1) is 22.3. The summed E-state index contributed by atoms with van der Waals surface area (Å²) in [5.74, 6) is -0.535. The second-order valence-electron chi connectivity index (χ2n) is 6.66. The van der Waals surface area contributed by atoms with Crippen molar-refractivity contribution >= 4 is 32.7 Å². The molecule has 0 aliphatic carbocycles. The molecule has 0 spiro atoms. The number of hydrogen-bond donors (Lipinski definition) is 3. The van der Waals surface area contributed by atoms with E-state index in [-0.39, 0.29) is 16.2 Å². The van der Waals surface area contributed by atoms with E-state index < -0.39 is 21.8 Å². The minimum absolute atomic E-state index is 0.0136. The number of nitrogens with zero attached hydrogens (tertiary/aromatic N) is 1. The third-order valence-electron chi connectivity index (χ3n) is 4.80. The van der Waals surface area contributed by atoms with Crippen molar-refractivity contribution in [2.24, 2.45) is 0 Å². The minimum Gasteiger partial charge on any atom is -0.497 e. The normalized spacial score (nSPS) is 11.5. The van der Waals surface area contributed by atoms with Crippen molar-refractivity contribution < 1.29 is 22.7 Å². The Morgan fingerprint density at radius 3 is 2.39 bits per heavy atom. The summed E-state index contributed by atoms with van der Waals surface area (Å²) >= 11 is 0.